The number of hydrogen-bond acceptors (Lipinski definition) is 4. The van der Waals surface area contributed by atoms with Crippen LogP contribution in [0, 0.1) is 13.8 Å². The predicted octanol–water partition coefficient (Wildman–Crippen LogP) is 4.96. The Hall–Kier alpha value is -3.34. The molecule has 4 aromatic rings. The molecule has 1 amide bonds. The van der Waals surface area contributed by atoms with Crippen LogP contribution in [0.1, 0.15) is 21.8 Å². The van der Waals surface area contributed by atoms with Crippen molar-refractivity contribution in [2.45, 2.75) is 13.8 Å². The molecule has 0 atom stereocenters. The van der Waals surface area contributed by atoms with Gasteiger partial charge in [0.05, 0.1) is 5.69 Å². The molecule has 0 fully saturated rings. The van der Waals surface area contributed by atoms with Crippen LogP contribution in [-0.2, 0) is 0 Å². The number of nitrogens with zero attached hydrogens (tertiary/aromatic N) is 1. The van der Waals surface area contributed by atoms with Gasteiger partial charge >= 0.3 is 0 Å². The van der Waals surface area contributed by atoms with E-state index in [9.17, 15) is 4.79 Å². The van der Waals surface area contributed by atoms with Gasteiger partial charge in [-0.2, -0.15) is 0 Å². The first-order valence-corrected chi connectivity index (χ1v) is 7.95. The summed E-state index contributed by atoms with van der Waals surface area (Å²) >= 11 is 0. The van der Waals surface area contributed by atoms with Gasteiger partial charge in [0, 0.05) is 16.6 Å². The van der Waals surface area contributed by atoms with Crippen molar-refractivity contribution < 1.29 is 13.7 Å². The maximum atomic E-state index is 12.4. The van der Waals surface area contributed by atoms with Gasteiger partial charge in [0.25, 0.3) is 5.91 Å². The van der Waals surface area contributed by atoms with Gasteiger partial charge in [-0.1, -0.05) is 23.4 Å². The molecule has 0 bridgehead atoms. The van der Waals surface area contributed by atoms with Crippen molar-refractivity contribution in [3.8, 4) is 11.3 Å². The lowest BCUT2D eigenvalue weighted by molar-refractivity contribution is 0.102. The number of amides is 1. The van der Waals surface area contributed by atoms with Crippen molar-refractivity contribution in [3.05, 3.63) is 71.6 Å². The maximum absolute atomic E-state index is 12.4. The molecule has 1 N–H and O–H groups in total. The molecule has 0 saturated carbocycles. The first kappa shape index (κ1) is 15.2. The minimum Gasteiger partial charge on any atom is -0.456 e. The highest BCUT2D eigenvalue weighted by Crippen LogP contribution is 2.28. The predicted molar refractivity (Wildman–Crippen MR) is 95.6 cm³/mol. The third-order valence-corrected chi connectivity index (χ3v) is 4.11. The molecular formula is C20H16N2O3. The quantitative estimate of drug-likeness (QED) is 0.576. The Morgan fingerprint density at radius 3 is 2.48 bits per heavy atom. The van der Waals surface area contributed by atoms with Crippen molar-refractivity contribution in [3.63, 3.8) is 0 Å². The third kappa shape index (κ3) is 2.80. The zero-order valence-corrected chi connectivity index (χ0v) is 13.9. The van der Waals surface area contributed by atoms with E-state index in [4.69, 9.17) is 8.94 Å². The summed E-state index contributed by atoms with van der Waals surface area (Å²) in [6.45, 7) is 3.47. The molecule has 0 spiro atoms. The summed E-state index contributed by atoms with van der Waals surface area (Å²) in [5.74, 6) is 1.08. The van der Waals surface area contributed by atoms with Gasteiger partial charge in [0.15, 0.2) is 0 Å². The number of rotatable bonds is 3. The molecular weight excluding hydrogens is 316 g/mol. The van der Waals surface area contributed by atoms with Crippen LogP contribution < -0.4 is 5.32 Å². The van der Waals surface area contributed by atoms with E-state index in [2.05, 4.69) is 10.5 Å². The molecule has 0 aliphatic heterocycles. The van der Waals surface area contributed by atoms with E-state index >= 15 is 0 Å². The lowest BCUT2D eigenvalue weighted by atomic mass is 10.1. The van der Waals surface area contributed by atoms with Crippen molar-refractivity contribution in [2.75, 3.05) is 5.32 Å². The van der Waals surface area contributed by atoms with Crippen molar-refractivity contribution in [1.82, 2.24) is 5.16 Å². The second kappa shape index (κ2) is 5.94. The summed E-state index contributed by atoms with van der Waals surface area (Å²) in [5.41, 5.74) is 3.56. The Kier molecular flexibility index (Phi) is 3.61. The fraction of sp³-hybridized carbons (Fsp3) is 0.100. The van der Waals surface area contributed by atoms with Gasteiger partial charge in [-0.05, 0) is 50.2 Å². The SMILES string of the molecule is Cc1noc(C)c1C(=O)Nc1ccc(-c2cc3ccccc3o2)cc1. The van der Waals surface area contributed by atoms with Crippen molar-refractivity contribution >= 4 is 22.6 Å². The number of hydrogen-bond donors (Lipinski definition) is 1. The first-order valence-electron chi connectivity index (χ1n) is 7.95. The highest BCUT2D eigenvalue weighted by Gasteiger charge is 2.17. The van der Waals surface area contributed by atoms with Crippen LogP contribution in [0.2, 0.25) is 0 Å². The largest absolute Gasteiger partial charge is 0.456 e. The van der Waals surface area contributed by atoms with Crippen molar-refractivity contribution in [1.29, 1.82) is 0 Å². The van der Waals surface area contributed by atoms with E-state index in [0.717, 1.165) is 22.3 Å². The van der Waals surface area contributed by atoms with Crippen LogP contribution in [0.25, 0.3) is 22.3 Å². The number of para-hydroxylation sites is 1. The van der Waals surface area contributed by atoms with Gasteiger partial charge in [-0.15, -0.1) is 0 Å². The Morgan fingerprint density at radius 2 is 1.80 bits per heavy atom. The Labute approximate surface area is 144 Å². The normalized spacial score (nSPS) is 11.0. The van der Waals surface area contributed by atoms with Gasteiger partial charge in [-0.3, -0.25) is 4.79 Å². The number of carbonyl (C=O) groups excluding carboxylic acids is 1. The Balaban J connectivity index is 1.57. The van der Waals surface area contributed by atoms with E-state index in [1.165, 1.54) is 0 Å². The van der Waals surface area contributed by atoms with Crippen LogP contribution in [0.5, 0.6) is 0 Å². The third-order valence-electron chi connectivity index (χ3n) is 4.11. The summed E-state index contributed by atoms with van der Waals surface area (Å²) in [4.78, 5) is 12.4. The zero-order chi connectivity index (χ0) is 17.4. The topological polar surface area (TPSA) is 68.3 Å². The Morgan fingerprint density at radius 1 is 1.04 bits per heavy atom. The van der Waals surface area contributed by atoms with Crippen molar-refractivity contribution in [2.24, 2.45) is 0 Å². The number of benzene rings is 2. The number of furan rings is 1. The summed E-state index contributed by atoms with van der Waals surface area (Å²) in [5, 5.41) is 7.73. The smallest absolute Gasteiger partial charge is 0.261 e. The van der Waals surface area contributed by atoms with E-state index in [1.54, 1.807) is 13.8 Å². The molecule has 0 unspecified atom stereocenters. The molecule has 5 nitrogen and oxygen atoms in total. The molecule has 4 rings (SSSR count). The van der Waals surface area contributed by atoms with E-state index in [1.807, 2.05) is 54.6 Å². The Bertz CT molecular complexity index is 1010. The maximum Gasteiger partial charge on any atom is 0.261 e. The summed E-state index contributed by atoms with van der Waals surface area (Å²) in [6, 6.07) is 17.4. The molecule has 5 heteroatoms. The lowest BCUT2D eigenvalue weighted by Crippen LogP contribution is -2.13. The van der Waals surface area contributed by atoms with E-state index < -0.39 is 0 Å². The molecule has 0 aliphatic rings. The minimum atomic E-state index is -0.229. The molecule has 124 valence electrons. The molecule has 2 aromatic carbocycles. The zero-order valence-electron chi connectivity index (χ0n) is 13.9. The highest BCUT2D eigenvalue weighted by molar-refractivity contribution is 6.05. The number of anilines is 1. The second-order valence-corrected chi connectivity index (χ2v) is 5.88. The number of aryl methyl sites for hydroxylation is 2. The molecule has 25 heavy (non-hydrogen) atoms. The van der Waals surface area contributed by atoms with Crippen LogP contribution in [-0.4, -0.2) is 11.1 Å². The lowest BCUT2D eigenvalue weighted by Gasteiger charge is -2.05. The standard InChI is InChI=1S/C20H16N2O3/c1-12-19(13(2)25-22-12)20(23)21-16-9-7-14(8-10-16)18-11-15-5-3-4-6-17(15)24-18/h3-11H,1-2H3,(H,21,23). The number of fused-ring (bicyclic) bond motifs is 1. The number of carbonyl (C=O) groups is 1. The van der Waals surface area contributed by atoms with Crippen LogP contribution in [0.3, 0.4) is 0 Å². The average molecular weight is 332 g/mol. The fourth-order valence-electron chi connectivity index (χ4n) is 2.84. The van der Waals surface area contributed by atoms with E-state index in [-0.39, 0.29) is 5.91 Å². The van der Waals surface area contributed by atoms with Gasteiger partial charge < -0.3 is 14.3 Å². The second-order valence-electron chi connectivity index (χ2n) is 5.88. The molecule has 0 aliphatic carbocycles. The molecule has 0 saturated heterocycles. The summed E-state index contributed by atoms with van der Waals surface area (Å²) in [6.07, 6.45) is 0. The van der Waals surface area contributed by atoms with Crippen LogP contribution in [0.4, 0.5) is 5.69 Å². The molecule has 0 radical (unpaired) electrons. The van der Waals surface area contributed by atoms with Gasteiger partial charge in [-0.25, -0.2) is 0 Å². The monoisotopic (exact) mass is 332 g/mol. The van der Waals surface area contributed by atoms with Crippen LogP contribution in [0.15, 0.2) is 63.5 Å². The highest BCUT2D eigenvalue weighted by atomic mass is 16.5. The average Bonchev–Trinajstić information content (AvgIpc) is 3.18. The summed E-state index contributed by atoms with van der Waals surface area (Å²) in [7, 11) is 0. The molecule has 2 heterocycles. The first-order chi connectivity index (χ1) is 12.1. The minimum absolute atomic E-state index is 0.229. The van der Waals surface area contributed by atoms with E-state index in [0.29, 0.717) is 22.7 Å². The summed E-state index contributed by atoms with van der Waals surface area (Å²) < 4.78 is 10.9. The fourth-order valence-corrected chi connectivity index (χ4v) is 2.84. The van der Waals surface area contributed by atoms with Gasteiger partial charge in [0.2, 0.25) is 0 Å². The number of aromatic nitrogens is 1. The van der Waals surface area contributed by atoms with Crippen LogP contribution >= 0.6 is 0 Å². The van der Waals surface area contributed by atoms with Gasteiger partial charge in [0.1, 0.15) is 22.7 Å². The number of nitrogens with one attached hydrogen (secondary N) is 1. The molecule has 2 aromatic heterocycles.